The standard InChI is InChI=1S/C12H16N2O4/c15-8-9-3-1-5-14(9)7-11(16)13-12(17)10-4-2-6-18-10/h2,4,6,9,15H,1,3,5,7-8H2,(H,13,16,17)/t9-/m1/s1. The van der Waals surface area contributed by atoms with Crippen molar-refractivity contribution in [3.8, 4) is 0 Å². The highest BCUT2D eigenvalue weighted by molar-refractivity contribution is 6.03. The van der Waals surface area contributed by atoms with Gasteiger partial charge in [-0.1, -0.05) is 0 Å². The van der Waals surface area contributed by atoms with Crippen LogP contribution in [0.5, 0.6) is 0 Å². The summed E-state index contributed by atoms with van der Waals surface area (Å²) in [5.41, 5.74) is 0. The van der Waals surface area contributed by atoms with E-state index in [1.165, 1.54) is 12.3 Å². The van der Waals surface area contributed by atoms with Gasteiger partial charge >= 0.3 is 0 Å². The number of furan rings is 1. The summed E-state index contributed by atoms with van der Waals surface area (Å²) in [6.07, 6.45) is 3.22. The molecule has 2 amide bonds. The minimum atomic E-state index is -0.537. The molecule has 2 N–H and O–H groups in total. The van der Waals surface area contributed by atoms with Gasteiger partial charge in [-0.3, -0.25) is 19.8 Å². The van der Waals surface area contributed by atoms with Crippen molar-refractivity contribution in [1.82, 2.24) is 10.2 Å². The molecule has 0 spiro atoms. The third-order valence-corrected chi connectivity index (χ3v) is 3.05. The number of nitrogens with zero attached hydrogens (tertiary/aromatic N) is 1. The average molecular weight is 252 g/mol. The topological polar surface area (TPSA) is 82.8 Å². The van der Waals surface area contributed by atoms with Gasteiger partial charge in [0.2, 0.25) is 5.91 Å². The van der Waals surface area contributed by atoms with Gasteiger partial charge in [-0.2, -0.15) is 0 Å². The van der Waals surface area contributed by atoms with Crippen LogP contribution in [0.25, 0.3) is 0 Å². The maximum atomic E-state index is 11.7. The first-order valence-electron chi connectivity index (χ1n) is 5.93. The number of rotatable bonds is 4. The lowest BCUT2D eigenvalue weighted by molar-refractivity contribution is -0.121. The first-order chi connectivity index (χ1) is 8.70. The number of carbonyl (C=O) groups is 2. The molecule has 1 aromatic rings. The molecule has 1 aliphatic heterocycles. The second-order valence-electron chi connectivity index (χ2n) is 4.30. The summed E-state index contributed by atoms with van der Waals surface area (Å²) in [6.45, 7) is 0.935. The number of imide groups is 1. The molecule has 98 valence electrons. The molecule has 1 atom stereocenters. The Bertz CT molecular complexity index is 416. The van der Waals surface area contributed by atoms with Crippen molar-refractivity contribution in [2.24, 2.45) is 0 Å². The molecule has 1 aliphatic rings. The van der Waals surface area contributed by atoms with Gasteiger partial charge in [-0.05, 0) is 31.5 Å². The predicted octanol–water partition coefficient (Wildman–Crippen LogP) is -0.00730. The van der Waals surface area contributed by atoms with E-state index in [0.29, 0.717) is 0 Å². The fourth-order valence-corrected chi connectivity index (χ4v) is 2.13. The third-order valence-electron chi connectivity index (χ3n) is 3.05. The number of hydrogen-bond donors (Lipinski definition) is 2. The fraction of sp³-hybridized carbons (Fsp3) is 0.500. The van der Waals surface area contributed by atoms with Gasteiger partial charge in [0, 0.05) is 6.04 Å². The van der Waals surface area contributed by atoms with Crippen molar-refractivity contribution in [3.63, 3.8) is 0 Å². The van der Waals surface area contributed by atoms with E-state index >= 15 is 0 Å². The van der Waals surface area contributed by atoms with E-state index in [1.54, 1.807) is 6.07 Å². The molecule has 0 aliphatic carbocycles. The number of hydrogen-bond acceptors (Lipinski definition) is 5. The van der Waals surface area contributed by atoms with Crippen molar-refractivity contribution in [2.45, 2.75) is 18.9 Å². The summed E-state index contributed by atoms with van der Waals surface area (Å²) in [5, 5.41) is 11.4. The van der Waals surface area contributed by atoms with Crippen LogP contribution in [0.3, 0.4) is 0 Å². The number of carbonyl (C=O) groups excluding carboxylic acids is 2. The van der Waals surface area contributed by atoms with E-state index in [0.717, 1.165) is 19.4 Å². The van der Waals surface area contributed by atoms with Gasteiger partial charge in [0.25, 0.3) is 5.91 Å². The second-order valence-corrected chi connectivity index (χ2v) is 4.30. The first-order valence-corrected chi connectivity index (χ1v) is 5.93. The summed E-state index contributed by atoms with van der Waals surface area (Å²) in [6, 6.07) is 3.10. The Morgan fingerprint density at radius 3 is 3.06 bits per heavy atom. The first kappa shape index (κ1) is 12.8. The normalized spacial score (nSPS) is 19.9. The van der Waals surface area contributed by atoms with Crippen LogP contribution in [0, 0.1) is 0 Å². The molecule has 6 heteroatoms. The Morgan fingerprint density at radius 2 is 2.39 bits per heavy atom. The van der Waals surface area contributed by atoms with Crippen LogP contribution in [0.1, 0.15) is 23.4 Å². The molecule has 0 unspecified atom stereocenters. The minimum Gasteiger partial charge on any atom is -0.459 e. The molecular weight excluding hydrogens is 236 g/mol. The number of aliphatic hydroxyl groups excluding tert-OH is 1. The zero-order valence-corrected chi connectivity index (χ0v) is 9.96. The molecular formula is C12H16N2O4. The Kier molecular flexibility index (Phi) is 4.11. The van der Waals surface area contributed by atoms with E-state index in [2.05, 4.69) is 5.32 Å². The van der Waals surface area contributed by atoms with Crippen LogP contribution in [-0.4, -0.2) is 47.6 Å². The van der Waals surface area contributed by atoms with Gasteiger partial charge in [0.05, 0.1) is 19.4 Å². The SMILES string of the molecule is O=C(CN1CCC[C@@H]1CO)NC(=O)c1ccco1. The molecule has 2 heterocycles. The van der Waals surface area contributed by atoms with Crippen LogP contribution >= 0.6 is 0 Å². The highest BCUT2D eigenvalue weighted by Gasteiger charge is 2.26. The van der Waals surface area contributed by atoms with Crippen molar-refractivity contribution in [1.29, 1.82) is 0 Å². The molecule has 0 radical (unpaired) electrons. The van der Waals surface area contributed by atoms with Crippen LogP contribution < -0.4 is 5.32 Å². The van der Waals surface area contributed by atoms with E-state index < -0.39 is 5.91 Å². The monoisotopic (exact) mass is 252 g/mol. The molecule has 0 saturated carbocycles. The summed E-state index contributed by atoms with van der Waals surface area (Å²) < 4.78 is 4.89. The van der Waals surface area contributed by atoms with Crippen LogP contribution in [0.2, 0.25) is 0 Å². The lowest BCUT2D eigenvalue weighted by Gasteiger charge is -2.21. The minimum absolute atomic E-state index is 0.0227. The van der Waals surface area contributed by atoms with Gasteiger partial charge in [0.15, 0.2) is 5.76 Å². The molecule has 6 nitrogen and oxygen atoms in total. The second kappa shape index (κ2) is 5.79. The van der Waals surface area contributed by atoms with Crippen molar-refractivity contribution < 1.29 is 19.1 Å². The fourth-order valence-electron chi connectivity index (χ4n) is 2.13. The number of amides is 2. The van der Waals surface area contributed by atoms with Crippen molar-refractivity contribution in [3.05, 3.63) is 24.2 Å². The quantitative estimate of drug-likeness (QED) is 0.787. The zero-order valence-electron chi connectivity index (χ0n) is 9.96. The van der Waals surface area contributed by atoms with E-state index in [-0.39, 0.29) is 30.9 Å². The molecule has 1 fully saturated rings. The van der Waals surface area contributed by atoms with Crippen LogP contribution in [0.4, 0.5) is 0 Å². The van der Waals surface area contributed by atoms with Gasteiger partial charge in [0.1, 0.15) is 0 Å². The Hall–Kier alpha value is -1.66. The van der Waals surface area contributed by atoms with Crippen LogP contribution in [0.15, 0.2) is 22.8 Å². The molecule has 18 heavy (non-hydrogen) atoms. The Labute approximate surface area is 105 Å². The lowest BCUT2D eigenvalue weighted by atomic mass is 10.2. The predicted molar refractivity (Wildman–Crippen MR) is 62.9 cm³/mol. The highest BCUT2D eigenvalue weighted by atomic mass is 16.3. The molecule has 1 saturated heterocycles. The van der Waals surface area contributed by atoms with Crippen molar-refractivity contribution in [2.75, 3.05) is 19.7 Å². The smallest absolute Gasteiger partial charge is 0.293 e. The molecule has 0 aromatic carbocycles. The summed E-state index contributed by atoms with van der Waals surface area (Å²) in [5.74, 6) is -0.801. The highest BCUT2D eigenvalue weighted by Crippen LogP contribution is 2.15. The molecule has 1 aromatic heterocycles. The number of likely N-dealkylation sites (tertiary alicyclic amines) is 1. The van der Waals surface area contributed by atoms with Gasteiger partial charge in [-0.25, -0.2) is 0 Å². The Balaban J connectivity index is 1.83. The molecule has 2 rings (SSSR count). The summed E-state index contributed by atoms with van der Waals surface area (Å²) in [7, 11) is 0. The largest absolute Gasteiger partial charge is 0.459 e. The van der Waals surface area contributed by atoms with E-state index in [4.69, 9.17) is 9.52 Å². The molecule has 0 bridgehead atoms. The maximum absolute atomic E-state index is 11.7. The van der Waals surface area contributed by atoms with E-state index in [1.807, 2.05) is 4.90 Å². The Morgan fingerprint density at radius 1 is 1.56 bits per heavy atom. The maximum Gasteiger partial charge on any atom is 0.293 e. The van der Waals surface area contributed by atoms with Crippen LogP contribution in [-0.2, 0) is 4.79 Å². The van der Waals surface area contributed by atoms with E-state index in [9.17, 15) is 9.59 Å². The summed E-state index contributed by atoms with van der Waals surface area (Å²) in [4.78, 5) is 25.1. The van der Waals surface area contributed by atoms with Crippen molar-refractivity contribution >= 4 is 11.8 Å². The number of aliphatic hydroxyl groups is 1. The lowest BCUT2D eigenvalue weighted by Crippen LogP contribution is -2.42. The van der Waals surface area contributed by atoms with Gasteiger partial charge in [-0.15, -0.1) is 0 Å². The summed E-state index contributed by atoms with van der Waals surface area (Å²) >= 11 is 0. The van der Waals surface area contributed by atoms with Gasteiger partial charge < -0.3 is 9.52 Å². The number of nitrogens with one attached hydrogen (secondary N) is 1. The zero-order chi connectivity index (χ0) is 13.0. The average Bonchev–Trinajstić information content (AvgIpc) is 2.98. The third kappa shape index (κ3) is 2.96.